The van der Waals surface area contributed by atoms with Crippen molar-refractivity contribution in [3.8, 4) is 0 Å². The molecule has 3 nitrogen and oxygen atoms in total. The molecule has 0 aliphatic carbocycles. The number of hydrogen-bond donors (Lipinski definition) is 0. The molecule has 0 aliphatic rings. The molecule has 0 atom stereocenters. The van der Waals surface area contributed by atoms with Crippen molar-refractivity contribution in [3.05, 3.63) is 0 Å². The zero-order valence-electron chi connectivity index (χ0n) is 12.1. The Morgan fingerprint density at radius 2 is 0.655 bits per heavy atom. The molecule has 29 heavy (non-hydrogen) atoms. The smallest absolute Gasteiger partial charge is 0.460 e. The highest BCUT2D eigenvalue weighted by molar-refractivity contribution is 7.86. The Kier molecular flexibility index (Phi) is 6.08. The van der Waals surface area contributed by atoms with Crippen molar-refractivity contribution in [2.24, 2.45) is 0 Å². The number of halogens is 17. The number of hydrogen-bond acceptors (Lipinski definition) is 3. The molecule has 0 aromatic rings. The highest BCUT2D eigenvalue weighted by Gasteiger charge is 2.99. The average molecular weight is 499 g/mol. The van der Waals surface area contributed by atoms with E-state index in [9.17, 15) is 87.6 Å². The van der Waals surface area contributed by atoms with Crippen LogP contribution < -0.4 is 0 Å². The molecule has 21 heteroatoms. The Morgan fingerprint density at radius 3 is 0.793 bits per heavy atom. The lowest BCUT2D eigenvalue weighted by Crippen LogP contribution is -2.80. The van der Waals surface area contributed by atoms with E-state index in [2.05, 4.69) is 0 Å². The quantitative estimate of drug-likeness (QED) is 0.400. The van der Waals surface area contributed by atoms with Crippen LogP contribution in [0.25, 0.3) is 0 Å². The van der Waals surface area contributed by atoms with E-state index in [0.717, 1.165) is 0 Å². The molecule has 176 valence electrons. The lowest BCUT2D eigenvalue weighted by atomic mass is 9.82. The molecule has 0 heterocycles. The third-order valence-corrected chi connectivity index (χ3v) is 3.99. The van der Waals surface area contributed by atoms with Gasteiger partial charge in [-0.25, -0.2) is 12.8 Å². The second kappa shape index (κ2) is 6.36. The first kappa shape index (κ1) is 27.7. The topological polar surface area (TPSA) is 57.2 Å². The normalized spacial score (nSPS) is 16.9. The van der Waals surface area contributed by atoms with Gasteiger partial charge >= 0.3 is 47.0 Å². The minimum absolute atomic E-state index is 8.11. The van der Waals surface area contributed by atoms with Crippen LogP contribution in [-0.4, -0.2) is 59.9 Å². The molecule has 0 fully saturated rings. The zero-order valence-corrected chi connectivity index (χ0v) is 12.9. The van der Waals surface area contributed by atoms with Crippen molar-refractivity contribution >= 4 is 10.1 Å². The molecular weight excluding hydrogens is 499 g/mol. The third-order valence-electron chi connectivity index (χ3n) is 3.08. The Hall–Kier alpha value is -1.28. The first-order chi connectivity index (χ1) is 12.0. The van der Waals surface area contributed by atoms with Crippen LogP contribution in [0.15, 0.2) is 0 Å². The fourth-order valence-corrected chi connectivity index (χ4v) is 2.12. The van der Waals surface area contributed by atoms with Crippen molar-refractivity contribution in [2.45, 2.75) is 47.0 Å². The zero-order chi connectivity index (χ0) is 24.5. The summed E-state index contributed by atoms with van der Waals surface area (Å²) >= 11 is 0. The maximum atomic E-state index is 13.9. The van der Waals surface area contributed by atoms with Crippen molar-refractivity contribution in [1.29, 1.82) is 0 Å². The van der Waals surface area contributed by atoms with Crippen molar-refractivity contribution in [3.63, 3.8) is 0 Å². The van der Waals surface area contributed by atoms with Crippen LogP contribution in [-0.2, 0) is 10.1 Å². The maximum absolute atomic E-state index is 13.9. The minimum Gasteiger partial charge on any atom is -0.743 e. The Balaban J connectivity index is 7.68. The summed E-state index contributed by atoms with van der Waals surface area (Å²) in [5, 5.41) is -8.60. The van der Waals surface area contributed by atoms with Crippen molar-refractivity contribution in [1.82, 2.24) is 0 Å². The molecule has 0 spiro atoms. The van der Waals surface area contributed by atoms with Crippen LogP contribution in [0, 0.1) is 0 Å². The molecule has 0 aliphatic heterocycles. The molecule has 0 rings (SSSR count). The van der Waals surface area contributed by atoms with Crippen LogP contribution in [0.4, 0.5) is 74.6 Å². The highest BCUT2D eigenvalue weighted by Crippen LogP contribution is 2.66. The van der Waals surface area contributed by atoms with Gasteiger partial charge in [0.25, 0.3) is 0 Å². The molecule has 0 bridgehead atoms. The van der Waals surface area contributed by atoms with E-state index in [1.807, 2.05) is 0 Å². The fourth-order valence-electron chi connectivity index (χ4n) is 1.52. The van der Waals surface area contributed by atoms with Gasteiger partial charge in [-0.05, 0) is 0 Å². The molecule has 0 amide bonds. The second-order valence-electron chi connectivity index (χ2n) is 4.92. The van der Waals surface area contributed by atoms with Crippen LogP contribution >= 0.6 is 0 Å². The van der Waals surface area contributed by atoms with Crippen LogP contribution in [0.3, 0.4) is 0 Å². The predicted octanol–water partition coefficient (Wildman–Crippen LogP) is 4.50. The van der Waals surface area contributed by atoms with Crippen molar-refractivity contribution in [2.75, 3.05) is 0 Å². The summed E-state index contributed by atoms with van der Waals surface area (Å²) in [6.45, 7) is 0. The lowest BCUT2D eigenvalue weighted by molar-refractivity contribution is -0.454. The lowest BCUT2D eigenvalue weighted by Gasteiger charge is -2.47. The standard InChI is InChI=1S/C8HF17O3S/c9-1(8(24,25)29(26,27)28,2(10,11)4(14,15)6(18,19)20)3(12,13)5(16,17)7(21,22)23/h(H,26,27,28)/p-1. The van der Waals surface area contributed by atoms with Gasteiger partial charge in [-0.3, -0.25) is 0 Å². The average Bonchev–Trinajstić information content (AvgIpc) is 2.41. The monoisotopic (exact) mass is 499 g/mol. The van der Waals surface area contributed by atoms with Gasteiger partial charge in [-0.15, -0.1) is 0 Å². The number of rotatable bonds is 6. The third kappa shape index (κ3) is 3.26. The Bertz CT molecular complexity index is 691. The van der Waals surface area contributed by atoms with Gasteiger partial charge < -0.3 is 4.55 Å². The summed E-state index contributed by atoms with van der Waals surface area (Å²) in [6, 6.07) is 0. The SMILES string of the molecule is O=S(=O)([O-])C(F)(F)C(F)(C(F)(F)C(F)(F)C(F)(F)F)C(F)(F)C(F)(F)C(F)(F)F. The molecule has 0 radical (unpaired) electrons. The van der Waals surface area contributed by atoms with Gasteiger partial charge in [0.2, 0.25) is 0 Å². The van der Waals surface area contributed by atoms with E-state index in [-0.39, 0.29) is 0 Å². The van der Waals surface area contributed by atoms with E-state index in [1.54, 1.807) is 0 Å². The van der Waals surface area contributed by atoms with Crippen LogP contribution in [0.5, 0.6) is 0 Å². The Morgan fingerprint density at radius 1 is 0.448 bits per heavy atom. The van der Waals surface area contributed by atoms with E-state index < -0.39 is 57.1 Å². The summed E-state index contributed by atoms with van der Waals surface area (Å²) in [5.41, 5.74) is -9.29. The van der Waals surface area contributed by atoms with E-state index in [1.165, 1.54) is 0 Å². The van der Waals surface area contributed by atoms with E-state index >= 15 is 0 Å². The summed E-state index contributed by atoms with van der Waals surface area (Å²) in [6.07, 6.45) is -16.2. The molecular formula is C8F17O3S-. The first-order valence-corrected chi connectivity index (χ1v) is 7.08. The largest absolute Gasteiger partial charge is 0.743 e. The Labute approximate surface area is 146 Å². The van der Waals surface area contributed by atoms with E-state index in [0.29, 0.717) is 0 Å². The maximum Gasteiger partial charge on any atom is 0.460 e. The minimum atomic E-state index is -9.29. The summed E-state index contributed by atoms with van der Waals surface area (Å²) < 4.78 is 246. The van der Waals surface area contributed by atoms with Crippen LogP contribution in [0.2, 0.25) is 0 Å². The highest BCUT2D eigenvalue weighted by atomic mass is 32.2. The van der Waals surface area contributed by atoms with Gasteiger partial charge in [-0.1, -0.05) is 0 Å². The molecule has 0 saturated heterocycles. The molecule has 0 aromatic heterocycles. The van der Waals surface area contributed by atoms with Crippen molar-refractivity contribution < 1.29 is 87.6 Å². The van der Waals surface area contributed by atoms with E-state index in [4.69, 9.17) is 0 Å². The molecule has 0 unspecified atom stereocenters. The molecule has 0 N–H and O–H groups in total. The number of alkyl halides is 17. The van der Waals surface area contributed by atoms with Gasteiger partial charge in [0.05, 0.1) is 0 Å². The molecule has 0 saturated carbocycles. The fraction of sp³-hybridized carbons (Fsp3) is 1.00. The summed E-state index contributed by atoms with van der Waals surface area (Å²) in [5.74, 6) is -35.5. The summed E-state index contributed by atoms with van der Waals surface area (Å²) in [4.78, 5) is 0. The molecule has 0 aromatic carbocycles. The van der Waals surface area contributed by atoms with Crippen LogP contribution in [0.1, 0.15) is 0 Å². The summed E-state index contributed by atoms with van der Waals surface area (Å²) in [7, 11) is -8.66. The van der Waals surface area contributed by atoms with Gasteiger partial charge in [0.15, 0.2) is 10.1 Å². The van der Waals surface area contributed by atoms with Gasteiger partial charge in [0.1, 0.15) is 0 Å². The van der Waals surface area contributed by atoms with Gasteiger partial charge in [0, 0.05) is 0 Å². The predicted molar refractivity (Wildman–Crippen MR) is 50.4 cm³/mol. The first-order valence-electron chi connectivity index (χ1n) is 5.67. The second-order valence-corrected chi connectivity index (χ2v) is 6.34. The van der Waals surface area contributed by atoms with Gasteiger partial charge in [-0.2, -0.15) is 70.2 Å².